The van der Waals surface area contributed by atoms with Crippen LogP contribution in [-0.4, -0.2) is 82.4 Å². The summed E-state index contributed by atoms with van der Waals surface area (Å²) in [6.45, 7) is 5.60. The number of carbonyl (C=O) groups excluding carboxylic acids is 4. The van der Waals surface area contributed by atoms with Crippen molar-refractivity contribution >= 4 is 44.7 Å². The highest BCUT2D eigenvalue weighted by molar-refractivity contribution is 7.91. The van der Waals surface area contributed by atoms with Crippen LogP contribution in [0, 0.1) is 11.3 Å². The van der Waals surface area contributed by atoms with Crippen LogP contribution in [0.2, 0.25) is 0 Å². The van der Waals surface area contributed by atoms with Gasteiger partial charge in [-0.2, -0.15) is 8.78 Å². The highest BCUT2D eigenvalue weighted by atomic mass is 32.2. The Morgan fingerprint density at radius 3 is 2.37 bits per heavy atom. The highest BCUT2D eigenvalue weighted by Crippen LogP contribution is 2.46. The van der Waals surface area contributed by atoms with E-state index in [0.717, 1.165) is 12.8 Å². The predicted molar refractivity (Wildman–Crippen MR) is 186 cm³/mol. The van der Waals surface area contributed by atoms with Gasteiger partial charge < -0.3 is 20.3 Å². The molecule has 0 unspecified atom stereocenters. The molecule has 52 heavy (non-hydrogen) atoms. The first-order valence-corrected chi connectivity index (χ1v) is 19.4. The molecule has 1 aromatic heterocycles. The van der Waals surface area contributed by atoms with Gasteiger partial charge in [0.1, 0.15) is 23.7 Å². The van der Waals surface area contributed by atoms with Crippen molar-refractivity contribution in [2.45, 2.75) is 120 Å². The molecule has 2 aromatic rings. The average Bonchev–Trinajstić information content (AvgIpc) is 3.99. The summed E-state index contributed by atoms with van der Waals surface area (Å²) in [5.74, 6) is -6.91. The Bertz CT molecular complexity index is 1890. The van der Waals surface area contributed by atoms with E-state index in [1.807, 2.05) is 12.2 Å². The molecule has 4 aliphatic rings. The lowest BCUT2D eigenvalue weighted by Gasteiger charge is -2.31. The summed E-state index contributed by atoms with van der Waals surface area (Å²) in [7, 11) is -3.94. The number of amides is 4. The van der Waals surface area contributed by atoms with Gasteiger partial charge >= 0.3 is 0 Å². The van der Waals surface area contributed by atoms with Crippen molar-refractivity contribution in [2.75, 3.05) is 6.54 Å². The third-order valence-corrected chi connectivity index (χ3v) is 11.9. The molecule has 1 saturated heterocycles. The number of hydrogen-bond donors (Lipinski definition) is 3. The maximum atomic E-state index is 14.9. The Balaban J connectivity index is 1.34. The maximum Gasteiger partial charge on any atom is 0.292 e. The molecule has 5 atom stereocenters. The van der Waals surface area contributed by atoms with Crippen LogP contribution < -0.4 is 20.1 Å². The Labute approximate surface area is 301 Å². The third kappa shape index (κ3) is 8.06. The van der Waals surface area contributed by atoms with Crippen LogP contribution in [0.1, 0.15) is 91.2 Å². The summed E-state index contributed by atoms with van der Waals surface area (Å²) in [5, 5.41) is 4.97. The topological polar surface area (TPSA) is 177 Å². The first kappa shape index (κ1) is 37.5. The molecule has 3 fully saturated rings. The van der Waals surface area contributed by atoms with Crippen LogP contribution in [0.4, 0.5) is 8.78 Å². The lowest BCUT2D eigenvalue weighted by molar-refractivity contribution is -0.143. The summed E-state index contributed by atoms with van der Waals surface area (Å²) in [6, 6.07) is 4.20. The van der Waals surface area contributed by atoms with E-state index in [-0.39, 0.29) is 37.2 Å². The number of para-hydroxylation sites is 2. The van der Waals surface area contributed by atoms with Crippen molar-refractivity contribution in [1.82, 2.24) is 30.2 Å². The molecule has 3 heterocycles. The normalized spacial score (nSPS) is 27.5. The van der Waals surface area contributed by atoms with Crippen LogP contribution in [0.5, 0.6) is 5.88 Å². The van der Waals surface area contributed by atoms with E-state index in [2.05, 4.69) is 25.3 Å². The van der Waals surface area contributed by atoms with E-state index in [1.165, 1.54) is 4.90 Å². The second-order valence-electron chi connectivity index (χ2n) is 15.5. The third-order valence-electron chi connectivity index (χ3n) is 10.1. The molecule has 13 nitrogen and oxygen atoms in total. The number of benzene rings is 1. The molecule has 4 amide bonds. The van der Waals surface area contributed by atoms with Gasteiger partial charge in [-0.3, -0.25) is 23.9 Å². The largest absolute Gasteiger partial charge is 0.471 e. The monoisotopic (exact) mass is 744 g/mol. The number of carbonyl (C=O) groups is 4. The smallest absolute Gasteiger partial charge is 0.292 e. The summed E-state index contributed by atoms with van der Waals surface area (Å²) >= 11 is 0. The minimum absolute atomic E-state index is 0.147. The number of hydrogen-bond acceptors (Lipinski definition) is 9. The summed E-state index contributed by atoms with van der Waals surface area (Å²) < 4.78 is 63.5. The van der Waals surface area contributed by atoms with Gasteiger partial charge in [-0.25, -0.2) is 18.4 Å². The molecule has 1 aromatic carbocycles. The van der Waals surface area contributed by atoms with Crippen LogP contribution in [-0.2, 0) is 35.1 Å². The van der Waals surface area contributed by atoms with Gasteiger partial charge in [-0.1, -0.05) is 57.9 Å². The standard InChI is InChI=1S/C36H46F2N6O7S/c1-34(2,3)32(47)41-26-15-9-7-5-6-8-12-21-19-36(21,33(48)43-52(49,50)23-16-17-23)42-29(45)27-18-22(20-44(27)31(26)46)51-30-28(35(4,37)38)39-24-13-10-11-14-25(24)40-30/h8,10-14,21-23,26-27H,5-7,9,15-20H2,1-4H3,(H,41,47)(H,42,45)(H,43,48)/t21-,22-,26+,27+,36-/m1/s1. The van der Waals surface area contributed by atoms with Gasteiger partial charge in [-0.15, -0.1) is 0 Å². The van der Waals surface area contributed by atoms with E-state index in [4.69, 9.17) is 4.74 Å². The number of fused-ring (bicyclic) bond motifs is 3. The van der Waals surface area contributed by atoms with E-state index in [9.17, 15) is 36.4 Å². The zero-order valence-corrected chi connectivity index (χ0v) is 30.6. The maximum absolute atomic E-state index is 14.9. The van der Waals surface area contributed by atoms with E-state index in [1.54, 1.807) is 45.0 Å². The number of alkyl halides is 2. The molecule has 282 valence electrons. The van der Waals surface area contributed by atoms with E-state index < -0.39 is 85.6 Å². The molecular weight excluding hydrogens is 698 g/mol. The summed E-state index contributed by atoms with van der Waals surface area (Å²) in [6.07, 6.45) is 6.60. The highest BCUT2D eigenvalue weighted by Gasteiger charge is 2.62. The molecule has 3 N–H and O–H groups in total. The van der Waals surface area contributed by atoms with Crippen LogP contribution in [0.15, 0.2) is 36.4 Å². The van der Waals surface area contributed by atoms with Gasteiger partial charge in [0.25, 0.3) is 11.8 Å². The van der Waals surface area contributed by atoms with Crippen molar-refractivity contribution in [1.29, 1.82) is 0 Å². The van der Waals surface area contributed by atoms with Crippen LogP contribution >= 0.6 is 0 Å². The SMILES string of the molecule is CC(C)(C)C(=O)N[C@H]1CCCCCC=C[C@@H]2C[C@@]2(C(=O)NS(=O)(=O)C2CC2)NC(=O)[C@@H]2C[C@@H](Oc3nc4ccccc4nc3C(C)(F)F)CN2C1=O. The number of halogens is 2. The van der Waals surface area contributed by atoms with Gasteiger partial charge in [-0.05, 0) is 50.7 Å². The van der Waals surface area contributed by atoms with Crippen molar-refractivity contribution < 1.29 is 41.1 Å². The molecule has 6 rings (SSSR count). The number of rotatable bonds is 7. The molecular formula is C36H46F2N6O7S. The second kappa shape index (κ2) is 14.0. The van der Waals surface area contributed by atoms with Crippen molar-refractivity contribution in [3.8, 4) is 5.88 Å². The molecule has 2 saturated carbocycles. The second-order valence-corrected chi connectivity index (χ2v) is 17.5. The van der Waals surface area contributed by atoms with Crippen LogP contribution in [0.25, 0.3) is 11.0 Å². The van der Waals surface area contributed by atoms with Gasteiger partial charge in [0.2, 0.25) is 33.6 Å². The fraction of sp³-hybridized carbons (Fsp3) is 0.611. The zero-order valence-electron chi connectivity index (χ0n) is 29.8. The number of sulfonamides is 1. The van der Waals surface area contributed by atoms with Gasteiger partial charge in [0.15, 0.2) is 5.69 Å². The molecule has 0 radical (unpaired) electrons. The predicted octanol–water partition coefficient (Wildman–Crippen LogP) is 3.62. The Kier molecular flexibility index (Phi) is 10.1. The number of ether oxygens (including phenoxy) is 1. The fourth-order valence-electron chi connectivity index (χ4n) is 6.73. The quantitative estimate of drug-likeness (QED) is 0.358. The lowest BCUT2D eigenvalue weighted by Crippen LogP contribution is -2.58. The summed E-state index contributed by atoms with van der Waals surface area (Å²) in [5.41, 5.74) is -2.57. The van der Waals surface area contributed by atoms with Gasteiger partial charge in [0.05, 0.1) is 22.8 Å². The fourth-order valence-corrected chi connectivity index (χ4v) is 8.10. The van der Waals surface area contributed by atoms with Crippen LogP contribution in [0.3, 0.4) is 0 Å². The molecule has 2 aliphatic heterocycles. The Morgan fingerprint density at radius 1 is 1.02 bits per heavy atom. The Hall–Kier alpha value is -4.21. The minimum Gasteiger partial charge on any atom is -0.471 e. The van der Waals surface area contributed by atoms with Gasteiger partial charge in [0, 0.05) is 24.7 Å². The number of nitrogens with zero attached hydrogens (tertiary/aromatic N) is 3. The molecule has 0 spiro atoms. The minimum atomic E-state index is -3.94. The van der Waals surface area contributed by atoms with Crippen molar-refractivity contribution in [2.24, 2.45) is 11.3 Å². The lowest BCUT2D eigenvalue weighted by atomic mass is 9.94. The summed E-state index contributed by atoms with van der Waals surface area (Å²) in [4.78, 5) is 65.2. The Morgan fingerprint density at radius 2 is 1.71 bits per heavy atom. The number of nitrogens with one attached hydrogen (secondary N) is 3. The van der Waals surface area contributed by atoms with Crippen molar-refractivity contribution in [3.05, 3.63) is 42.1 Å². The molecule has 16 heteroatoms. The number of aromatic nitrogens is 2. The first-order valence-electron chi connectivity index (χ1n) is 17.9. The van der Waals surface area contributed by atoms with Crippen molar-refractivity contribution in [3.63, 3.8) is 0 Å². The average molecular weight is 745 g/mol. The van der Waals surface area contributed by atoms with E-state index >= 15 is 0 Å². The number of allylic oxidation sites excluding steroid dienone is 1. The zero-order chi connectivity index (χ0) is 37.6. The first-order chi connectivity index (χ1) is 24.4. The molecule has 0 bridgehead atoms. The molecule has 2 aliphatic carbocycles. The van der Waals surface area contributed by atoms with E-state index in [0.29, 0.717) is 38.1 Å².